The third-order valence-corrected chi connectivity index (χ3v) is 3.55. The lowest BCUT2D eigenvalue weighted by Gasteiger charge is -2.13. The summed E-state index contributed by atoms with van der Waals surface area (Å²) in [5, 5.41) is 9.12. The summed E-state index contributed by atoms with van der Waals surface area (Å²) in [4.78, 5) is 23.4. The molecule has 0 radical (unpaired) electrons. The number of carboxylic acids is 1. The van der Waals surface area contributed by atoms with Crippen LogP contribution in [0.3, 0.4) is 0 Å². The van der Waals surface area contributed by atoms with Crippen molar-refractivity contribution in [2.75, 3.05) is 0 Å². The summed E-state index contributed by atoms with van der Waals surface area (Å²) in [6.07, 6.45) is 0. The predicted molar refractivity (Wildman–Crippen MR) is 77.6 cm³/mol. The van der Waals surface area contributed by atoms with Crippen LogP contribution in [0.5, 0.6) is 0 Å². The van der Waals surface area contributed by atoms with E-state index < -0.39 is 17.3 Å². The molecule has 2 aromatic rings. The fraction of sp³-hybridized carbons (Fsp3) is 0.200. The Morgan fingerprint density at radius 2 is 2.00 bits per heavy atom. The topological polar surface area (TPSA) is 59.3 Å². The number of nitrogens with zero attached hydrogens (tertiary/aromatic N) is 1. The SMILES string of the molecule is Cc1cc(C)n(Cc2ccc(Cl)c(F)c2)c(=O)c1C(=O)O. The van der Waals surface area contributed by atoms with E-state index in [0.717, 1.165) is 0 Å². The summed E-state index contributed by atoms with van der Waals surface area (Å²) in [7, 11) is 0. The van der Waals surface area contributed by atoms with Crippen LogP contribution in [0.25, 0.3) is 0 Å². The molecule has 1 N–H and O–H groups in total. The number of aromatic nitrogens is 1. The summed E-state index contributed by atoms with van der Waals surface area (Å²) >= 11 is 5.61. The first-order chi connectivity index (χ1) is 9.81. The van der Waals surface area contributed by atoms with E-state index in [0.29, 0.717) is 16.8 Å². The summed E-state index contributed by atoms with van der Waals surface area (Å²) in [6, 6.07) is 5.85. The van der Waals surface area contributed by atoms with E-state index >= 15 is 0 Å². The number of aryl methyl sites for hydroxylation is 2. The molecule has 0 fully saturated rings. The smallest absolute Gasteiger partial charge is 0.341 e. The highest BCUT2D eigenvalue weighted by Gasteiger charge is 2.16. The van der Waals surface area contributed by atoms with Gasteiger partial charge in [-0.1, -0.05) is 17.7 Å². The number of carbonyl (C=O) groups is 1. The highest BCUT2D eigenvalue weighted by Crippen LogP contribution is 2.17. The van der Waals surface area contributed by atoms with Crippen LogP contribution in [0.1, 0.15) is 27.2 Å². The van der Waals surface area contributed by atoms with E-state index in [1.807, 2.05) is 0 Å². The van der Waals surface area contributed by atoms with Gasteiger partial charge in [0, 0.05) is 5.69 Å². The molecule has 0 bridgehead atoms. The van der Waals surface area contributed by atoms with Crippen LogP contribution < -0.4 is 5.56 Å². The third-order valence-electron chi connectivity index (χ3n) is 3.24. The average Bonchev–Trinajstić information content (AvgIpc) is 2.38. The van der Waals surface area contributed by atoms with Crippen LogP contribution >= 0.6 is 11.6 Å². The van der Waals surface area contributed by atoms with Crippen LogP contribution in [-0.4, -0.2) is 15.6 Å². The maximum Gasteiger partial charge on any atom is 0.341 e. The molecule has 0 saturated carbocycles. The third kappa shape index (κ3) is 2.97. The van der Waals surface area contributed by atoms with Gasteiger partial charge in [0.25, 0.3) is 5.56 Å². The normalized spacial score (nSPS) is 10.7. The van der Waals surface area contributed by atoms with Gasteiger partial charge in [0.15, 0.2) is 0 Å². The second kappa shape index (κ2) is 5.69. The van der Waals surface area contributed by atoms with Crippen LogP contribution in [0.2, 0.25) is 5.02 Å². The van der Waals surface area contributed by atoms with Crippen LogP contribution in [0.4, 0.5) is 4.39 Å². The maximum absolute atomic E-state index is 13.4. The number of hydrogen-bond acceptors (Lipinski definition) is 2. The Morgan fingerprint density at radius 1 is 1.33 bits per heavy atom. The van der Waals surface area contributed by atoms with E-state index in [-0.39, 0.29) is 17.1 Å². The molecule has 21 heavy (non-hydrogen) atoms. The van der Waals surface area contributed by atoms with Gasteiger partial charge in [0.05, 0.1) is 11.6 Å². The Bertz CT molecular complexity index is 783. The van der Waals surface area contributed by atoms with Crippen molar-refractivity contribution in [2.45, 2.75) is 20.4 Å². The van der Waals surface area contributed by atoms with Crippen LogP contribution in [-0.2, 0) is 6.54 Å². The molecule has 1 heterocycles. The molecule has 0 atom stereocenters. The number of aromatic carboxylic acids is 1. The second-order valence-corrected chi connectivity index (χ2v) is 5.20. The Labute approximate surface area is 125 Å². The first-order valence-corrected chi connectivity index (χ1v) is 6.57. The predicted octanol–water partition coefficient (Wildman–Crippen LogP) is 3.00. The monoisotopic (exact) mass is 309 g/mol. The van der Waals surface area contributed by atoms with Gasteiger partial charge < -0.3 is 9.67 Å². The molecule has 2 rings (SSSR count). The van der Waals surface area contributed by atoms with Gasteiger partial charge in [-0.15, -0.1) is 0 Å². The molecule has 0 unspecified atom stereocenters. The largest absolute Gasteiger partial charge is 0.477 e. The zero-order valence-corrected chi connectivity index (χ0v) is 12.2. The van der Waals surface area contributed by atoms with Crippen molar-refractivity contribution >= 4 is 17.6 Å². The minimum Gasteiger partial charge on any atom is -0.477 e. The van der Waals surface area contributed by atoms with Crippen LogP contribution in [0.15, 0.2) is 29.1 Å². The Morgan fingerprint density at radius 3 is 2.57 bits per heavy atom. The van der Waals surface area contributed by atoms with E-state index in [9.17, 15) is 14.0 Å². The summed E-state index contributed by atoms with van der Waals surface area (Å²) in [6.45, 7) is 3.36. The lowest BCUT2D eigenvalue weighted by atomic mass is 10.1. The zero-order valence-electron chi connectivity index (χ0n) is 11.5. The molecule has 0 spiro atoms. The molecule has 6 heteroatoms. The summed E-state index contributed by atoms with van der Waals surface area (Å²) < 4.78 is 14.7. The molecule has 4 nitrogen and oxygen atoms in total. The number of pyridine rings is 1. The minimum absolute atomic E-state index is 0.00190. The van der Waals surface area contributed by atoms with E-state index in [4.69, 9.17) is 16.7 Å². The maximum atomic E-state index is 13.4. The minimum atomic E-state index is -1.27. The average molecular weight is 310 g/mol. The highest BCUT2D eigenvalue weighted by molar-refractivity contribution is 6.30. The van der Waals surface area contributed by atoms with Crippen LogP contribution in [0, 0.1) is 19.7 Å². The van der Waals surface area contributed by atoms with Gasteiger partial charge >= 0.3 is 5.97 Å². The number of hydrogen-bond donors (Lipinski definition) is 1. The van der Waals surface area contributed by atoms with E-state index in [2.05, 4.69) is 0 Å². The standard InChI is InChI=1S/C15H13ClFNO3/c1-8-5-9(2)18(14(19)13(8)15(20)21)7-10-3-4-11(16)12(17)6-10/h3-6H,7H2,1-2H3,(H,20,21). The van der Waals surface area contributed by atoms with Crippen molar-refractivity contribution in [3.8, 4) is 0 Å². The molecule has 0 aliphatic rings. The number of carboxylic acid groups (broad SMARTS) is 1. The van der Waals surface area contributed by atoms with Gasteiger partial charge in [-0.3, -0.25) is 4.79 Å². The molecule has 0 aliphatic carbocycles. The summed E-state index contributed by atoms with van der Waals surface area (Å²) in [5.74, 6) is -1.85. The molecule has 1 aromatic carbocycles. The van der Waals surface area contributed by atoms with Crippen molar-refractivity contribution in [1.29, 1.82) is 0 Å². The Balaban J connectivity index is 2.54. The Hall–Kier alpha value is -2.14. The molecule has 0 amide bonds. The molecule has 0 saturated heterocycles. The fourth-order valence-electron chi connectivity index (χ4n) is 2.20. The fourth-order valence-corrected chi connectivity index (χ4v) is 2.32. The second-order valence-electron chi connectivity index (χ2n) is 4.79. The number of halogens is 2. The summed E-state index contributed by atoms with van der Waals surface area (Å²) in [5.41, 5.74) is 0.675. The van der Waals surface area contributed by atoms with Gasteiger partial charge in [-0.05, 0) is 43.2 Å². The van der Waals surface area contributed by atoms with E-state index in [1.165, 1.54) is 16.7 Å². The van der Waals surface area contributed by atoms with Crippen molar-refractivity contribution in [3.63, 3.8) is 0 Å². The van der Waals surface area contributed by atoms with Crippen molar-refractivity contribution in [2.24, 2.45) is 0 Å². The lowest BCUT2D eigenvalue weighted by molar-refractivity contribution is 0.0693. The Kier molecular flexibility index (Phi) is 4.14. The van der Waals surface area contributed by atoms with Gasteiger partial charge in [0.1, 0.15) is 11.4 Å². The van der Waals surface area contributed by atoms with Crippen molar-refractivity contribution < 1.29 is 14.3 Å². The van der Waals surface area contributed by atoms with Gasteiger partial charge in [-0.25, -0.2) is 9.18 Å². The van der Waals surface area contributed by atoms with Crippen molar-refractivity contribution in [1.82, 2.24) is 4.57 Å². The number of rotatable bonds is 3. The van der Waals surface area contributed by atoms with E-state index in [1.54, 1.807) is 26.0 Å². The van der Waals surface area contributed by atoms with Gasteiger partial charge in [0.2, 0.25) is 0 Å². The van der Waals surface area contributed by atoms with Gasteiger partial charge in [-0.2, -0.15) is 0 Å². The number of benzene rings is 1. The first kappa shape index (κ1) is 15.3. The first-order valence-electron chi connectivity index (χ1n) is 6.19. The quantitative estimate of drug-likeness (QED) is 0.948. The zero-order chi connectivity index (χ0) is 15.7. The molecular formula is C15H13ClFNO3. The molecule has 0 aliphatic heterocycles. The van der Waals surface area contributed by atoms with Crippen molar-refractivity contribution in [3.05, 3.63) is 67.8 Å². The molecular weight excluding hydrogens is 297 g/mol. The highest BCUT2D eigenvalue weighted by atomic mass is 35.5. The molecule has 110 valence electrons. The lowest BCUT2D eigenvalue weighted by Crippen LogP contribution is -2.29. The molecule has 1 aromatic heterocycles.